The normalized spacial score (nSPS) is 10.8. The molecule has 0 aliphatic carbocycles. The second-order valence-electron chi connectivity index (χ2n) is 3.87. The lowest BCUT2D eigenvalue weighted by molar-refractivity contribution is 0.219. The zero-order valence-electron chi connectivity index (χ0n) is 10.3. The molecule has 2 rings (SSSR count). The van der Waals surface area contributed by atoms with Crippen LogP contribution in [0.25, 0.3) is 0 Å². The Morgan fingerprint density at radius 2 is 1.95 bits per heavy atom. The molecule has 0 unspecified atom stereocenters. The van der Waals surface area contributed by atoms with E-state index in [1.807, 2.05) is 13.8 Å². The van der Waals surface area contributed by atoms with Gasteiger partial charge in [-0.25, -0.2) is 4.39 Å². The molecule has 0 amide bonds. The zero-order valence-corrected chi connectivity index (χ0v) is 11.9. The average Bonchev–Trinajstić information content (AvgIpc) is 2.30. The van der Waals surface area contributed by atoms with E-state index in [1.54, 1.807) is 18.2 Å². The first-order valence-corrected chi connectivity index (χ1v) is 6.74. The van der Waals surface area contributed by atoms with E-state index in [-0.39, 0.29) is 23.2 Å². The highest BCUT2D eigenvalue weighted by Gasteiger charge is 2.11. The first-order valence-electron chi connectivity index (χ1n) is 5.55. The van der Waals surface area contributed by atoms with Crippen molar-refractivity contribution in [3.63, 3.8) is 0 Å². The predicted octanol–water partition coefficient (Wildman–Crippen LogP) is 3.60. The topological polar surface area (TPSA) is 47.9 Å². The van der Waals surface area contributed by atoms with Crippen molar-refractivity contribution < 1.29 is 9.13 Å². The van der Waals surface area contributed by atoms with Crippen LogP contribution in [0.1, 0.15) is 13.8 Å². The highest BCUT2D eigenvalue weighted by atomic mass is 35.5. The van der Waals surface area contributed by atoms with E-state index in [2.05, 4.69) is 15.0 Å². The van der Waals surface area contributed by atoms with Crippen molar-refractivity contribution in [1.82, 2.24) is 15.0 Å². The van der Waals surface area contributed by atoms with Gasteiger partial charge < -0.3 is 4.74 Å². The van der Waals surface area contributed by atoms with Gasteiger partial charge in [-0.05, 0) is 49.3 Å². The van der Waals surface area contributed by atoms with Crippen molar-refractivity contribution in [3.05, 3.63) is 35.4 Å². The van der Waals surface area contributed by atoms with E-state index in [9.17, 15) is 4.39 Å². The van der Waals surface area contributed by atoms with Gasteiger partial charge in [0, 0.05) is 0 Å². The number of hydrogen-bond acceptors (Lipinski definition) is 5. The summed E-state index contributed by atoms with van der Waals surface area (Å²) in [5, 5.41) is 0.310. The van der Waals surface area contributed by atoms with Crippen LogP contribution >= 0.6 is 23.4 Å². The predicted molar refractivity (Wildman–Crippen MR) is 71.1 cm³/mol. The summed E-state index contributed by atoms with van der Waals surface area (Å²) in [5.41, 5.74) is 0. The van der Waals surface area contributed by atoms with Crippen LogP contribution in [0.3, 0.4) is 0 Å². The maximum atomic E-state index is 13.5. The molecule has 1 aromatic carbocycles. The van der Waals surface area contributed by atoms with Crippen molar-refractivity contribution >= 4 is 23.4 Å². The maximum absolute atomic E-state index is 13.5. The SMILES string of the molecule is CC(C)Oc1nc(Cl)nc(Sc2ccccc2F)n1. The standard InChI is InChI=1S/C12H11ClFN3OS/c1-7(2)18-11-15-10(13)16-12(17-11)19-9-6-4-3-5-8(9)14/h3-7H,1-2H3. The maximum Gasteiger partial charge on any atom is 0.322 e. The van der Waals surface area contributed by atoms with Crippen molar-refractivity contribution in [3.8, 4) is 6.01 Å². The lowest BCUT2D eigenvalue weighted by Crippen LogP contribution is -2.09. The lowest BCUT2D eigenvalue weighted by atomic mass is 10.4. The molecule has 0 atom stereocenters. The first kappa shape index (κ1) is 14.0. The first-order chi connectivity index (χ1) is 9.04. The average molecular weight is 300 g/mol. The van der Waals surface area contributed by atoms with Crippen LogP contribution in [0.2, 0.25) is 5.28 Å². The van der Waals surface area contributed by atoms with Crippen molar-refractivity contribution in [2.75, 3.05) is 0 Å². The summed E-state index contributed by atoms with van der Waals surface area (Å²) in [6, 6.07) is 6.50. The molecule has 0 spiro atoms. The molecule has 0 aliphatic heterocycles. The Labute approximate surface area is 119 Å². The van der Waals surface area contributed by atoms with Crippen LogP contribution in [0.4, 0.5) is 4.39 Å². The molecule has 4 nitrogen and oxygen atoms in total. The molecule has 7 heteroatoms. The van der Waals surface area contributed by atoms with Crippen LogP contribution in [0, 0.1) is 5.82 Å². The van der Waals surface area contributed by atoms with Crippen molar-refractivity contribution in [1.29, 1.82) is 0 Å². The summed E-state index contributed by atoms with van der Waals surface area (Å²) in [4.78, 5) is 12.3. The third kappa shape index (κ3) is 4.04. The van der Waals surface area contributed by atoms with E-state index in [1.165, 1.54) is 6.07 Å². The molecule has 0 radical (unpaired) electrons. The largest absolute Gasteiger partial charge is 0.461 e. The fourth-order valence-corrected chi connectivity index (χ4v) is 2.22. The Bertz CT molecular complexity index is 583. The van der Waals surface area contributed by atoms with Gasteiger partial charge in [-0.2, -0.15) is 15.0 Å². The molecule has 100 valence electrons. The summed E-state index contributed by atoms with van der Waals surface area (Å²) in [6.45, 7) is 3.70. The second kappa shape index (κ2) is 6.16. The Hall–Kier alpha value is -1.40. The van der Waals surface area contributed by atoms with Gasteiger partial charge in [0.15, 0.2) is 5.16 Å². The Morgan fingerprint density at radius 3 is 2.63 bits per heavy atom. The van der Waals surface area contributed by atoms with Gasteiger partial charge >= 0.3 is 6.01 Å². The minimum atomic E-state index is -0.338. The zero-order chi connectivity index (χ0) is 13.8. The minimum Gasteiger partial charge on any atom is -0.461 e. The molecule has 0 bridgehead atoms. The highest BCUT2D eigenvalue weighted by molar-refractivity contribution is 7.99. The molecule has 2 aromatic rings. The summed E-state index contributed by atoms with van der Waals surface area (Å²) in [6.07, 6.45) is -0.0789. The number of benzene rings is 1. The smallest absolute Gasteiger partial charge is 0.322 e. The molecule has 0 saturated carbocycles. The highest BCUT2D eigenvalue weighted by Crippen LogP contribution is 2.28. The van der Waals surface area contributed by atoms with Crippen LogP contribution in [-0.2, 0) is 0 Å². The Balaban J connectivity index is 2.25. The van der Waals surface area contributed by atoms with Gasteiger partial charge in [0.25, 0.3) is 0 Å². The number of aromatic nitrogens is 3. The fourth-order valence-electron chi connectivity index (χ4n) is 1.25. The third-order valence-electron chi connectivity index (χ3n) is 1.95. The molecule has 0 fully saturated rings. The molecule has 0 saturated heterocycles. The minimum absolute atomic E-state index is 0.0180. The molecular weight excluding hydrogens is 289 g/mol. The number of ether oxygens (including phenoxy) is 1. The summed E-state index contributed by atoms with van der Waals surface area (Å²) in [7, 11) is 0. The molecule has 19 heavy (non-hydrogen) atoms. The number of rotatable bonds is 4. The van der Waals surface area contributed by atoms with Gasteiger partial charge in [0.05, 0.1) is 11.0 Å². The monoisotopic (exact) mass is 299 g/mol. The van der Waals surface area contributed by atoms with Crippen molar-refractivity contribution in [2.24, 2.45) is 0 Å². The van der Waals surface area contributed by atoms with Crippen LogP contribution in [0.5, 0.6) is 6.01 Å². The fraction of sp³-hybridized carbons (Fsp3) is 0.250. The van der Waals surface area contributed by atoms with Gasteiger partial charge in [-0.3, -0.25) is 0 Å². The molecular formula is C12H11ClFN3OS. The van der Waals surface area contributed by atoms with E-state index in [4.69, 9.17) is 16.3 Å². The Morgan fingerprint density at radius 1 is 1.21 bits per heavy atom. The van der Waals surface area contributed by atoms with Gasteiger partial charge in [-0.1, -0.05) is 12.1 Å². The van der Waals surface area contributed by atoms with Gasteiger partial charge in [0.2, 0.25) is 5.28 Å². The van der Waals surface area contributed by atoms with E-state index < -0.39 is 0 Å². The summed E-state index contributed by atoms with van der Waals surface area (Å²) < 4.78 is 18.9. The summed E-state index contributed by atoms with van der Waals surface area (Å²) >= 11 is 6.86. The molecule has 1 aromatic heterocycles. The number of nitrogens with zero attached hydrogens (tertiary/aromatic N) is 3. The quantitative estimate of drug-likeness (QED) is 0.863. The number of halogens is 2. The van der Waals surface area contributed by atoms with E-state index in [0.717, 1.165) is 11.8 Å². The van der Waals surface area contributed by atoms with E-state index in [0.29, 0.717) is 10.1 Å². The Kier molecular flexibility index (Phi) is 4.55. The van der Waals surface area contributed by atoms with Crippen LogP contribution in [-0.4, -0.2) is 21.1 Å². The molecule has 0 N–H and O–H groups in total. The lowest BCUT2D eigenvalue weighted by Gasteiger charge is -2.08. The molecule has 1 heterocycles. The third-order valence-corrected chi connectivity index (χ3v) is 3.03. The van der Waals surface area contributed by atoms with Crippen LogP contribution < -0.4 is 4.74 Å². The van der Waals surface area contributed by atoms with Crippen LogP contribution in [0.15, 0.2) is 34.3 Å². The number of hydrogen-bond donors (Lipinski definition) is 0. The van der Waals surface area contributed by atoms with Crippen molar-refractivity contribution in [2.45, 2.75) is 30.0 Å². The van der Waals surface area contributed by atoms with E-state index >= 15 is 0 Å². The summed E-state index contributed by atoms with van der Waals surface area (Å²) in [5.74, 6) is -0.338. The molecule has 0 aliphatic rings. The second-order valence-corrected chi connectivity index (χ2v) is 5.22. The van der Waals surface area contributed by atoms with Gasteiger partial charge in [0.1, 0.15) is 5.82 Å². The van der Waals surface area contributed by atoms with Gasteiger partial charge in [-0.15, -0.1) is 0 Å².